The molecule has 0 bridgehead atoms. The molecule has 2 aromatic carbocycles. The second-order valence-corrected chi connectivity index (χ2v) is 4.91. The second-order valence-electron chi connectivity index (χ2n) is 4.13. The average molecular weight is 296 g/mol. The van der Waals surface area contributed by atoms with Crippen LogP contribution in [-0.2, 0) is 0 Å². The highest BCUT2D eigenvalue weighted by Gasteiger charge is 2.15. The maximum atomic E-state index is 6.15. The molecule has 1 atom stereocenters. The first-order chi connectivity index (χ1) is 9.22. The number of halogens is 2. The summed E-state index contributed by atoms with van der Waals surface area (Å²) in [5.74, 6) is 0.596. The Morgan fingerprint density at radius 1 is 1.05 bits per heavy atom. The molecule has 2 rings (SSSR count). The Bertz CT molecular complexity index is 531. The van der Waals surface area contributed by atoms with E-state index in [9.17, 15) is 0 Å². The summed E-state index contributed by atoms with van der Waals surface area (Å²) in [6.07, 6.45) is -0.109. The molecule has 2 nitrogen and oxygen atoms in total. The van der Waals surface area contributed by atoms with E-state index in [1.165, 1.54) is 0 Å². The Balaban J connectivity index is 2.24. The van der Waals surface area contributed by atoms with Gasteiger partial charge in [0.1, 0.15) is 16.9 Å². The third-order valence-corrected chi connectivity index (χ3v) is 3.55. The van der Waals surface area contributed by atoms with Gasteiger partial charge in [-0.05, 0) is 24.7 Å². The Morgan fingerprint density at radius 3 is 2.47 bits per heavy atom. The number of likely N-dealkylation sites (N-methyl/N-ethyl adjacent to an activating group) is 1. The highest BCUT2D eigenvalue weighted by molar-refractivity contribution is 6.42. The molecule has 0 saturated heterocycles. The van der Waals surface area contributed by atoms with Crippen LogP contribution in [0.2, 0.25) is 10.0 Å². The van der Waals surface area contributed by atoms with Crippen molar-refractivity contribution in [1.82, 2.24) is 5.32 Å². The van der Waals surface area contributed by atoms with Gasteiger partial charge >= 0.3 is 0 Å². The van der Waals surface area contributed by atoms with Gasteiger partial charge in [-0.15, -0.1) is 0 Å². The van der Waals surface area contributed by atoms with Crippen LogP contribution < -0.4 is 10.1 Å². The van der Waals surface area contributed by atoms with Crippen LogP contribution in [0.4, 0.5) is 0 Å². The summed E-state index contributed by atoms with van der Waals surface area (Å²) in [4.78, 5) is 0. The summed E-state index contributed by atoms with van der Waals surface area (Å²) < 4.78 is 5.97. The minimum absolute atomic E-state index is 0.109. The molecule has 19 heavy (non-hydrogen) atoms. The average Bonchev–Trinajstić information content (AvgIpc) is 2.44. The molecular formula is C15H15Cl2NO. The molecule has 100 valence electrons. The van der Waals surface area contributed by atoms with Gasteiger partial charge in [0.05, 0.1) is 5.02 Å². The molecule has 0 aliphatic heterocycles. The van der Waals surface area contributed by atoms with Crippen molar-refractivity contribution in [3.05, 3.63) is 64.1 Å². The normalized spacial score (nSPS) is 12.2. The monoisotopic (exact) mass is 295 g/mol. The van der Waals surface area contributed by atoms with Gasteiger partial charge in [0.25, 0.3) is 0 Å². The molecule has 0 saturated carbocycles. The van der Waals surface area contributed by atoms with Crippen molar-refractivity contribution >= 4 is 23.2 Å². The third kappa shape index (κ3) is 3.63. The van der Waals surface area contributed by atoms with Crippen molar-refractivity contribution in [2.24, 2.45) is 0 Å². The van der Waals surface area contributed by atoms with E-state index in [1.54, 1.807) is 6.07 Å². The predicted octanol–water partition coefficient (Wildman–Crippen LogP) is 4.33. The van der Waals surface area contributed by atoms with E-state index in [0.29, 0.717) is 22.3 Å². The summed E-state index contributed by atoms with van der Waals surface area (Å²) in [6, 6.07) is 15.4. The standard InChI is InChI=1S/C15H15Cl2NO/c1-18-10-14(11-6-3-2-4-7-11)19-13-9-5-8-12(16)15(13)17/h2-9,14,18H,10H2,1H3. The van der Waals surface area contributed by atoms with E-state index in [4.69, 9.17) is 27.9 Å². The molecule has 0 heterocycles. The molecule has 0 aliphatic rings. The van der Waals surface area contributed by atoms with Gasteiger partial charge in [-0.1, -0.05) is 59.6 Å². The van der Waals surface area contributed by atoms with Crippen molar-refractivity contribution in [3.8, 4) is 5.75 Å². The molecule has 2 aromatic rings. The quantitative estimate of drug-likeness (QED) is 0.886. The SMILES string of the molecule is CNCC(Oc1cccc(Cl)c1Cl)c1ccccc1. The highest BCUT2D eigenvalue weighted by Crippen LogP contribution is 2.34. The van der Waals surface area contributed by atoms with Gasteiger partial charge in [0, 0.05) is 6.54 Å². The van der Waals surface area contributed by atoms with Crippen LogP contribution >= 0.6 is 23.2 Å². The topological polar surface area (TPSA) is 21.3 Å². The van der Waals surface area contributed by atoms with E-state index in [1.807, 2.05) is 49.5 Å². The predicted molar refractivity (Wildman–Crippen MR) is 80.2 cm³/mol. The van der Waals surface area contributed by atoms with Crippen LogP contribution in [0.3, 0.4) is 0 Å². The van der Waals surface area contributed by atoms with Crippen molar-refractivity contribution < 1.29 is 4.74 Å². The summed E-state index contributed by atoms with van der Waals surface area (Å²) in [5.41, 5.74) is 1.09. The highest BCUT2D eigenvalue weighted by atomic mass is 35.5. The van der Waals surface area contributed by atoms with E-state index in [-0.39, 0.29) is 6.10 Å². The first-order valence-electron chi connectivity index (χ1n) is 6.02. The minimum atomic E-state index is -0.109. The van der Waals surface area contributed by atoms with Crippen LogP contribution in [0.5, 0.6) is 5.75 Å². The molecule has 0 aliphatic carbocycles. The Hall–Kier alpha value is -1.22. The fourth-order valence-corrected chi connectivity index (χ4v) is 2.15. The first kappa shape index (κ1) is 14.2. The lowest BCUT2D eigenvalue weighted by Crippen LogP contribution is -2.22. The lowest BCUT2D eigenvalue weighted by molar-refractivity contribution is 0.205. The maximum absolute atomic E-state index is 6.15. The van der Waals surface area contributed by atoms with Crippen molar-refractivity contribution in [1.29, 1.82) is 0 Å². The fraction of sp³-hybridized carbons (Fsp3) is 0.200. The summed E-state index contributed by atoms with van der Waals surface area (Å²) in [7, 11) is 1.89. The van der Waals surface area contributed by atoms with Crippen LogP contribution in [0.25, 0.3) is 0 Å². The van der Waals surface area contributed by atoms with Gasteiger partial charge in [0.2, 0.25) is 0 Å². The fourth-order valence-electron chi connectivity index (χ4n) is 1.81. The zero-order chi connectivity index (χ0) is 13.7. The van der Waals surface area contributed by atoms with Crippen LogP contribution in [0.15, 0.2) is 48.5 Å². The summed E-state index contributed by atoms with van der Waals surface area (Å²) >= 11 is 12.1. The lowest BCUT2D eigenvalue weighted by atomic mass is 10.1. The molecule has 0 aromatic heterocycles. The number of hydrogen-bond acceptors (Lipinski definition) is 2. The number of hydrogen-bond donors (Lipinski definition) is 1. The van der Waals surface area contributed by atoms with Gasteiger partial charge in [-0.25, -0.2) is 0 Å². The molecular weight excluding hydrogens is 281 g/mol. The number of ether oxygens (including phenoxy) is 1. The largest absolute Gasteiger partial charge is 0.483 e. The summed E-state index contributed by atoms with van der Waals surface area (Å²) in [5, 5.41) is 4.06. The minimum Gasteiger partial charge on any atom is -0.483 e. The number of benzene rings is 2. The zero-order valence-electron chi connectivity index (χ0n) is 10.6. The molecule has 0 fully saturated rings. The van der Waals surface area contributed by atoms with Gasteiger partial charge in [0.15, 0.2) is 0 Å². The van der Waals surface area contributed by atoms with Gasteiger partial charge < -0.3 is 10.1 Å². The maximum Gasteiger partial charge on any atom is 0.140 e. The van der Waals surface area contributed by atoms with Crippen molar-refractivity contribution in [2.45, 2.75) is 6.10 Å². The first-order valence-corrected chi connectivity index (χ1v) is 6.78. The second kappa shape index (κ2) is 6.80. The number of nitrogens with one attached hydrogen (secondary N) is 1. The smallest absolute Gasteiger partial charge is 0.140 e. The molecule has 1 unspecified atom stereocenters. The van der Waals surface area contributed by atoms with Gasteiger partial charge in [-0.3, -0.25) is 0 Å². The van der Waals surface area contributed by atoms with E-state index in [2.05, 4.69) is 5.32 Å². The van der Waals surface area contributed by atoms with Crippen molar-refractivity contribution in [2.75, 3.05) is 13.6 Å². The van der Waals surface area contributed by atoms with Crippen molar-refractivity contribution in [3.63, 3.8) is 0 Å². The molecule has 1 N–H and O–H groups in total. The van der Waals surface area contributed by atoms with E-state index in [0.717, 1.165) is 5.56 Å². The summed E-state index contributed by atoms with van der Waals surface area (Å²) in [6.45, 7) is 0.687. The molecule has 0 spiro atoms. The molecule has 0 radical (unpaired) electrons. The Morgan fingerprint density at radius 2 is 1.79 bits per heavy atom. The third-order valence-electron chi connectivity index (χ3n) is 2.75. The number of rotatable bonds is 5. The van der Waals surface area contributed by atoms with Crippen LogP contribution in [-0.4, -0.2) is 13.6 Å². The van der Waals surface area contributed by atoms with Crippen LogP contribution in [0, 0.1) is 0 Å². The van der Waals surface area contributed by atoms with E-state index >= 15 is 0 Å². The van der Waals surface area contributed by atoms with Gasteiger partial charge in [-0.2, -0.15) is 0 Å². The Labute approximate surface area is 123 Å². The molecule has 4 heteroatoms. The van der Waals surface area contributed by atoms with Crippen LogP contribution in [0.1, 0.15) is 11.7 Å². The zero-order valence-corrected chi connectivity index (χ0v) is 12.1. The molecule has 0 amide bonds. The Kier molecular flexibility index (Phi) is 5.08. The lowest BCUT2D eigenvalue weighted by Gasteiger charge is -2.20. The van der Waals surface area contributed by atoms with E-state index < -0.39 is 0 Å².